The second-order valence-corrected chi connectivity index (χ2v) is 8.76. The van der Waals surface area contributed by atoms with Crippen LogP contribution >= 0.6 is 0 Å². The van der Waals surface area contributed by atoms with E-state index < -0.39 is 0 Å². The van der Waals surface area contributed by atoms with Crippen molar-refractivity contribution in [1.82, 2.24) is 9.62 Å². The number of hydrogen-bond donors (Lipinski definition) is 0. The van der Waals surface area contributed by atoms with Crippen LogP contribution in [0.4, 0.5) is 11.4 Å². The summed E-state index contributed by atoms with van der Waals surface area (Å²) in [4.78, 5) is 9.26. The quantitative estimate of drug-likeness (QED) is 0.460. The maximum Gasteiger partial charge on any atom is 0.270 e. The molecule has 0 aromatic heterocycles. The third-order valence-electron chi connectivity index (χ3n) is 6.12. The molecule has 0 bridgehead atoms. The van der Waals surface area contributed by atoms with E-state index in [2.05, 4.69) is 67.5 Å². The van der Waals surface area contributed by atoms with E-state index in [4.69, 9.17) is 18.9 Å². The van der Waals surface area contributed by atoms with Crippen molar-refractivity contribution < 1.29 is 18.9 Å². The summed E-state index contributed by atoms with van der Waals surface area (Å²) in [6, 6.07) is 8.65. The molecule has 1 fully saturated rings. The molecule has 1 unspecified atom stereocenters. The Kier molecular flexibility index (Phi) is 11.3. The first-order valence-electron chi connectivity index (χ1n) is 11.9. The molecule has 2 aliphatic heterocycles. The molecule has 2 aliphatic rings. The monoisotopic (exact) mass is 442 g/mol. The number of hydrogen-bond acceptors (Lipinski definition) is 8. The lowest BCUT2D eigenvalue weighted by Gasteiger charge is -2.39. The van der Waals surface area contributed by atoms with E-state index in [1.165, 1.54) is 11.4 Å². The van der Waals surface area contributed by atoms with Crippen LogP contribution < -0.4 is 9.62 Å². The van der Waals surface area contributed by atoms with Gasteiger partial charge in [-0.05, 0) is 12.1 Å². The van der Waals surface area contributed by atoms with Crippen molar-refractivity contribution in [3.63, 3.8) is 0 Å². The molecule has 174 valence electrons. The van der Waals surface area contributed by atoms with Gasteiger partial charge in [-0.15, -0.1) is 0 Å². The molecule has 1 saturated heterocycles. The largest absolute Gasteiger partial charge is 0.419 e. The van der Waals surface area contributed by atoms with Gasteiger partial charge in [-0.25, -0.2) is 0 Å². The van der Waals surface area contributed by atoms with Crippen LogP contribution in [0, 0.1) is 0 Å². The number of benzene rings is 1. The van der Waals surface area contributed by atoms with Gasteiger partial charge in [-0.3, -0.25) is 0 Å². The molecule has 0 N–H and O–H groups in total. The van der Waals surface area contributed by atoms with E-state index in [0.29, 0.717) is 46.2 Å². The Balaban J connectivity index is 1.56. The molecule has 0 amide bonds. The minimum atomic E-state index is 0.0311. The molecule has 8 nitrogen and oxygen atoms in total. The molecule has 0 radical (unpaired) electrons. The lowest BCUT2D eigenvalue weighted by atomic mass is 9.80. The number of ether oxygens (including phenoxy) is 4. The van der Waals surface area contributed by atoms with E-state index in [-0.39, 0.29) is 6.00 Å². The fourth-order valence-electron chi connectivity index (χ4n) is 3.95. The predicted octanol–water partition coefficient (Wildman–Crippen LogP) is -2.68. The summed E-state index contributed by atoms with van der Waals surface area (Å²) in [5.41, 5.74) is 2.56. The van der Waals surface area contributed by atoms with Gasteiger partial charge in [0, 0.05) is 50.6 Å². The van der Waals surface area contributed by atoms with Crippen LogP contribution in [-0.2, 0) is 18.9 Å². The van der Waals surface area contributed by atoms with Crippen molar-refractivity contribution in [2.45, 2.75) is 6.00 Å². The van der Waals surface area contributed by atoms with Gasteiger partial charge in [-0.2, -0.15) is 0 Å². The summed E-state index contributed by atoms with van der Waals surface area (Å²) in [6.07, 6.45) is 0. The highest BCUT2D eigenvalue weighted by Crippen LogP contribution is 2.31. The average Bonchev–Trinajstić information content (AvgIpc) is 2.79. The van der Waals surface area contributed by atoms with Crippen LogP contribution in [0.2, 0.25) is 0 Å². The molecule has 1 aromatic carbocycles. The lowest BCUT2D eigenvalue weighted by molar-refractivity contribution is 0.00934. The van der Waals surface area contributed by atoms with Gasteiger partial charge in [0.1, 0.15) is 0 Å². The number of para-hydroxylation sites is 2. The van der Waals surface area contributed by atoms with Gasteiger partial charge in [0.25, 0.3) is 7.41 Å². The fraction of sp³-hybridized carbons (Fsp3) is 0.700. The van der Waals surface area contributed by atoms with Crippen LogP contribution in [0.5, 0.6) is 0 Å². The van der Waals surface area contributed by atoms with E-state index in [9.17, 15) is 0 Å². The molecule has 12 heteroatoms. The summed E-state index contributed by atoms with van der Waals surface area (Å²) in [5, 5.41) is 0. The van der Waals surface area contributed by atoms with E-state index in [0.717, 1.165) is 46.7 Å². The highest BCUT2D eigenvalue weighted by atomic mass is 16.5. The minimum Gasteiger partial charge on any atom is -0.419 e. The maximum absolute atomic E-state index is 6.33. The van der Waals surface area contributed by atoms with Gasteiger partial charge in [-0.1, -0.05) is 12.1 Å². The van der Waals surface area contributed by atoms with Gasteiger partial charge in [0.2, 0.25) is 7.98 Å². The van der Waals surface area contributed by atoms with E-state index >= 15 is 0 Å². The lowest BCUT2D eigenvalue weighted by Crippen LogP contribution is -2.47. The smallest absolute Gasteiger partial charge is 0.270 e. The van der Waals surface area contributed by atoms with Gasteiger partial charge in [0.05, 0.1) is 52.3 Å². The zero-order valence-corrected chi connectivity index (χ0v) is 20.2. The first-order valence-corrected chi connectivity index (χ1v) is 11.9. The SMILES string of the molecule is BN1CCOCCOCCN(B)CCOC(BN2CCN(B)c3ccccc32)COCC1. The summed E-state index contributed by atoms with van der Waals surface area (Å²) in [6.45, 7) is 10.2. The molecular weight excluding hydrogens is 403 g/mol. The van der Waals surface area contributed by atoms with Crippen molar-refractivity contribution in [2.75, 3.05) is 95.1 Å². The number of rotatable bonds is 2. The zero-order valence-electron chi connectivity index (χ0n) is 20.2. The Bertz CT molecular complexity index is 666. The molecule has 0 spiro atoms. The minimum absolute atomic E-state index is 0.0311. The van der Waals surface area contributed by atoms with E-state index in [1.54, 1.807) is 0 Å². The van der Waals surface area contributed by atoms with E-state index in [1.807, 2.05) is 0 Å². The summed E-state index contributed by atoms with van der Waals surface area (Å²) in [5.74, 6) is 0. The predicted molar refractivity (Wildman–Crippen MR) is 139 cm³/mol. The van der Waals surface area contributed by atoms with Crippen molar-refractivity contribution >= 4 is 42.7 Å². The van der Waals surface area contributed by atoms with Crippen molar-refractivity contribution in [1.29, 1.82) is 0 Å². The number of fused-ring (bicyclic) bond motifs is 1. The Morgan fingerprint density at radius 2 is 1.28 bits per heavy atom. The second kappa shape index (κ2) is 14.2. The highest BCUT2D eigenvalue weighted by molar-refractivity contribution is 6.44. The molecule has 32 heavy (non-hydrogen) atoms. The molecule has 3 rings (SSSR count). The summed E-state index contributed by atoms with van der Waals surface area (Å²) >= 11 is 0. The second-order valence-electron chi connectivity index (χ2n) is 8.76. The van der Waals surface area contributed by atoms with Crippen LogP contribution in [0.1, 0.15) is 0 Å². The third kappa shape index (κ3) is 8.65. The fourth-order valence-corrected chi connectivity index (χ4v) is 3.95. The first kappa shape index (κ1) is 25.5. The molecule has 2 heterocycles. The van der Waals surface area contributed by atoms with Crippen LogP contribution in [0.3, 0.4) is 0 Å². The maximum atomic E-state index is 6.33. The Morgan fingerprint density at radius 1 is 0.688 bits per heavy atom. The Hall–Kier alpha value is -1.16. The topological polar surface area (TPSA) is 49.9 Å². The standard InChI is InChI=1S/C20H38B4N4O4/c21-25-7-11-29-15-16-30-12-8-26(22)10-14-32-20(17-31-13-9-25)24-28-6-5-27(23)18-3-1-2-4-19(18)28/h1-4,20,24H,5-17,21-23H2. The zero-order chi connectivity index (χ0) is 22.6. The number of anilines is 2. The van der Waals surface area contributed by atoms with Crippen molar-refractivity contribution in [3.05, 3.63) is 24.3 Å². The van der Waals surface area contributed by atoms with Crippen molar-refractivity contribution in [3.8, 4) is 0 Å². The normalized spacial score (nSPS) is 24.3. The van der Waals surface area contributed by atoms with Crippen LogP contribution in [0.25, 0.3) is 0 Å². The van der Waals surface area contributed by atoms with Crippen molar-refractivity contribution in [2.24, 2.45) is 0 Å². The molecular formula is C20H38B4N4O4. The Labute approximate surface area is 197 Å². The Morgan fingerprint density at radius 3 is 1.97 bits per heavy atom. The molecule has 1 atom stereocenters. The summed E-state index contributed by atoms with van der Waals surface area (Å²) < 4.78 is 23.7. The van der Waals surface area contributed by atoms with Crippen LogP contribution in [0.15, 0.2) is 24.3 Å². The first-order chi connectivity index (χ1) is 15.6. The molecule has 1 aromatic rings. The highest BCUT2D eigenvalue weighted by Gasteiger charge is 2.24. The molecule has 0 aliphatic carbocycles. The summed E-state index contributed by atoms with van der Waals surface area (Å²) in [7, 11) is 7.21. The van der Waals surface area contributed by atoms with Gasteiger partial charge in [0.15, 0.2) is 16.0 Å². The van der Waals surface area contributed by atoms with Crippen LogP contribution in [-0.4, -0.2) is 132 Å². The van der Waals surface area contributed by atoms with Gasteiger partial charge < -0.3 is 38.2 Å². The third-order valence-corrected chi connectivity index (χ3v) is 6.12. The number of nitrogens with zero attached hydrogens (tertiary/aromatic N) is 4. The molecule has 0 saturated carbocycles. The average molecular weight is 442 g/mol. The van der Waals surface area contributed by atoms with Gasteiger partial charge >= 0.3 is 0 Å².